The Morgan fingerprint density at radius 2 is 2.12 bits per heavy atom. The standard InChI is InChI=1S/C12H25NO2S/c1-4-15-12(14)11(2)10-13-8-6-5-7-9-16-3/h11,13H,4-10H2,1-3H3. The number of rotatable bonds is 10. The molecule has 1 unspecified atom stereocenters. The molecule has 16 heavy (non-hydrogen) atoms. The van der Waals surface area contributed by atoms with Crippen LogP contribution < -0.4 is 5.32 Å². The Bertz CT molecular complexity index is 176. The first kappa shape index (κ1) is 15.8. The van der Waals surface area contributed by atoms with Gasteiger partial charge in [-0.1, -0.05) is 13.3 Å². The molecular weight excluding hydrogens is 222 g/mol. The van der Waals surface area contributed by atoms with Gasteiger partial charge in [0.15, 0.2) is 0 Å². The average Bonchev–Trinajstić information content (AvgIpc) is 2.28. The first-order valence-corrected chi connectivity index (χ1v) is 7.48. The van der Waals surface area contributed by atoms with Gasteiger partial charge in [0.05, 0.1) is 12.5 Å². The van der Waals surface area contributed by atoms with Crippen LogP contribution in [0, 0.1) is 5.92 Å². The molecule has 0 heterocycles. The third kappa shape index (κ3) is 9.04. The monoisotopic (exact) mass is 247 g/mol. The van der Waals surface area contributed by atoms with Crippen molar-refractivity contribution in [3.05, 3.63) is 0 Å². The smallest absolute Gasteiger partial charge is 0.309 e. The van der Waals surface area contributed by atoms with E-state index in [0.29, 0.717) is 6.61 Å². The van der Waals surface area contributed by atoms with Gasteiger partial charge in [-0.3, -0.25) is 4.79 Å². The Balaban J connectivity index is 3.27. The van der Waals surface area contributed by atoms with Crippen LogP contribution in [0.5, 0.6) is 0 Å². The molecule has 0 saturated heterocycles. The highest BCUT2D eigenvalue weighted by atomic mass is 32.2. The molecule has 96 valence electrons. The summed E-state index contributed by atoms with van der Waals surface area (Å²) in [6.07, 6.45) is 5.88. The lowest BCUT2D eigenvalue weighted by Gasteiger charge is -2.11. The molecule has 3 nitrogen and oxygen atoms in total. The number of carbonyl (C=O) groups excluding carboxylic acids is 1. The topological polar surface area (TPSA) is 38.3 Å². The number of thioether (sulfide) groups is 1. The molecule has 0 saturated carbocycles. The Morgan fingerprint density at radius 3 is 2.75 bits per heavy atom. The number of nitrogens with one attached hydrogen (secondary N) is 1. The van der Waals surface area contributed by atoms with Gasteiger partial charge in [-0.25, -0.2) is 0 Å². The SMILES string of the molecule is CCOC(=O)C(C)CNCCCCCSC. The van der Waals surface area contributed by atoms with Crippen LogP contribution in [-0.2, 0) is 9.53 Å². The van der Waals surface area contributed by atoms with Crippen molar-refractivity contribution in [3.8, 4) is 0 Å². The molecule has 4 heteroatoms. The minimum Gasteiger partial charge on any atom is -0.466 e. The lowest BCUT2D eigenvalue weighted by molar-refractivity contribution is -0.147. The van der Waals surface area contributed by atoms with Crippen molar-refractivity contribution in [2.45, 2.75) is 33.1 Å². The minimum atomic E-state index is -0.0996. The molecule has 0 bridgehead atoms. The lowest BCUT2D eigenvalue weighted by atomic mass is 10.2. The van der Waals surface area contributed by atoms with Crippen LogP contribution >= 0.6 is 11.8 Å². The summed E-state index contributed by atoms with van der Waals surface area (Å²) >= 11 is 1.90. The van der Waals surface area contributed by atoms with Crippen LogP contribution in [0.25, 0.3) is 0 Å². The summed E-state index contributed by atoms with van der Waals surface area (Å²) in [5.74, 6) is 1.11. The quantitative estimate of drug-likeness (QED) is 0.475. The number of unbranched alkanes of at least 4 members (excludes halogenated alkanes) is 2. The molecular formula is C12H25NO2S. The van der Waals surface area contributed by atoms with E-state index in [0.717, 1.165) is 13.1 Å². The normalized spacial score (nSPS) is 12.4. The van der Waals surface area contributed by atoms with Crippen LogP contribution in [0.3, 0.4) is 0 Å². The van der Waals surface area contributed by atoms with E-state index in [1.807, 2.05) is 25.6 Å². The van der Waals surface area contributed by atoms with Gasteiger partial charge in [0.25, 0.3) is 0 Å². The molecule has 1 N–H and O–H groups in total. The molecule has 0 aliphatic rings. The van der Waals surface area contributed by atoms with Crippen molar-refractivity contribution >= 4 is 17.7 Å². The van der Waals surface area contributed by atoms with Crippen LogP contribution in [0.2, 0.25) is 0 Å². The first-order chi connectivity index (χ1) is 7.72. The van der Waals surface area contributed by atoms with Gasteiger partial charge in [0, 0.05) is 6.54 Å². The number of ether oxygens (including phenoxy) is 1. The van der Waals surface area contributed by atoms with Gasteiger partial charge in [0.2, 0.25) is 0 Å². The predicted octanol–water partition coefficient (Wildman–Crippen LogP) is 2.31. The first-order valence-electron chi connectivity index (χ1n) is 6.08. The third-order valence-corrected chi connectivity index (χ3v) is 3.04. The van der Waals surface area contributed by atoms with Crippen molar-refractivity contribution in [2.24, 2.45) is 5.92 Å². The average molecular weight is 247 g/mol. The van der Waals surface area contributed by atoms with Gasteiger partial charge in [-0.2, -0.15) is 11.8 Å². The van der Waals surface area contributed by atoms with Crippen molar-refractivity contribution in [1.82, 2.24) is 5.32 Å². The van der Waals surface area contributed by atoms with Crippen molar-refractivity contribution in [1.29, 1.82) is 0 Å². The molecule has 0 aromatic rings. The summed E-state index contributed by atoms with van der Waals surface area (Å²) in [5, 5.41) is 3.29. The highest BCUT2D eigenvalue weighted by Crippen LogP contribution is 2.02. The largest absolute Gasteiger partial charge is 0.466 e. The highest BCUT2D eigenvalue weighted by molar-refractivity contribution is 7.98. The fourth-order valence-electron chi connectivity index (χ4n) is 1.36. The number of esters is 1. The zero-order valence-corrected chi connectivity index (χ0v) is 11.6. The van der Waals surface area contributed by atoms with E-state index < -0.39 is 0 Å². The Hall–Kier alpha value is -0.220. The molecule has 0 radical (unpaired) electrons. The Morgan fingerprint density at radius 1 is 1.38 bits per heavy atom. The van der Waals surface area contributed by atoms with Gasteiger partial charge in [-0.05, 0) is 38.3 Å². The minimum absolute atomic E-state index is 0.0360. The Kier molecular flexibility index (Phi) is 11.1. The van der Waals surface area contributed by atoms with E-state index in [1.54, 1.807) is 0 Å². The highest BCUT2D eigenvalue weighted by Gasteiger charge is 2.12. The van der Waals surface area contributed by atoms with Crippen molar-refractivity contribution in [3.63, 3.8) is 0 Å². The molecule has 0 aromatic heterocycles. The maximum Gasteiger partial charge on any atom is 0.309 e. The van der Waals surface area contributed by atoms with E-state index >= 15 is 0 Å². The fourth-order valence-corrected chi connectivity index (χ4v) is 1.85. The molecule has 0 fully saturated rings. The molecule has 0 spiro atoms. The molecule has 0 amide bonds. The molecule has 0 rings (SSSR count). The van der Waals surface area contributed by atoms with Crippen LogP contribution in [0.1, 0.15) is 33.1 Å². The van der Waals surface area contributed by atoms with Crippen LogP contribution in [0.4, 0.5) is 0 Å². The molecule has 0 aliphatic heterocycles. The van der Waals surface area contributed by atoms with Crippen molar-refractivity contribution < 1.29 is 9.53 Å². The predicted molar refractivity (Wildman–Crippen MR) is 70.9 cm³/mol. The molecule has 0 aliphatic carbocycles. The second-order valence-corrected chi connectivity index (χ2v) is 4.90. The number of carbonyl (C=O) groups is 1. The van der Waals surface area contributed by atoms with E-state index in [9.17, 15) is 4.79 Å². The second kappa shape index (κ2) is 11.3. The fraction of sp³-hybridized carbons (Fsp3) is 0.917. The number of hydrogen-bond donors (Lipinski definition) is 1. The zero-order valence-electron chi connectivity index (χ0n) is 10.8. The van der Waals surface area contributed by atoms with Gasteiger partial charge in [-0.15, -0.1) is 0 Å². The summed E-state index contributed by atoms with van der Waals surface area (Å²) in [6, 6.07) is 0. The third-order valence-electron chi connectivity index (χ3n) is 2.34. The summed E-state index contributed by atoms with van der Waals surface area (Å²) in [5.41, 5.74) is 0. The van der Waals surface area contributed by atoms with Crippen molar-refractivity contribution in [2.75, 3.05) is 31.7 Å². The van der Waals surface area contributed by atoms with Crippen LogP contribution in [0.15, 0.2) is 0 Å². The maximum absolute atomic E-state index is 11.3. The van der Waals surface area contributed by atoms with E-state index in [2.05, 4.69) is 11.6 Å². The maximum atomic E-state index is 11.3. The van der Waals surface area contributed by atoms with Gasteiger partial charge in [0.1, 0.15) is 0 Å². The second-order valence-electron chi connectivity index (χ2n) is 3.91. The van der Waals surface area contributed by atoms with E-state index in [1.165, 1.54) is 25.0 Å². The number of hydrogen-bond acceptors (Lipinski definition) is 4. The molecule has 0 aromatic carbocycles. The van der Waals surface area contributed by atoms with E-state index in [4.69, 9.17) is 4.74 Å². The lowest BCUT2D eigenvalue weighted by Crippen LogP contribution is -2.28. The summed E-state index contributed by atoms with van der Waals surface area (Å²) < 4.78 is 4.93. The summed E-state index contributed by atoms with van der Waals surface area (Å²) in [6.45, 7) is 5.93. The summed E-state index contributed by atoms with van der Waals surface area (Å²) in [7, 11) is 0. The van der Waals surface area contributed by atoms with Crippen LogP contribution in [-0.4, -0.2) is 37.7 Å². The summed E-state index contributed by atoms with van der Waals surface area (Å²) in [4.78, 5) is 11.3. The van der Waals surface area contributed by atoms with Gasteiger partial charge < -0.3 is 10.1 Å². The van der Waals surface area contributed by atoms with Gasteiger partial charge >= 0.3 is 5.97 Å². The van der Waals surface area contributed by atoms with E-state index in [-0.39, 0.29) is 11.9 Å². The Labute approximate surface area is 104 Å². The molecule has 1 atom stereocenters. The zero-order chi connectivity index (χ0) is 12.2.